The second-order valence-electron chi connectivity index (χ2n) is 4.86. The number of aromatic nitrogens is 2. The number of hydrogen-bond donors (Lipinski definition) is 2. The van der Waals surface area contributed by atoms with Gasteiger partial charge in [0.25, 0.3) is 5.91 Å². The van der Waals surface area contributed by atoms with Gasteiger partial charge in [-0.2, -0.15) is 5.10 Å². The van der Waals surface area contributed by atoms with E-state index in [1.54, 1.807) is 24.0 Å². The fourth-order valence-corrected chi connectivity index (χ4v) is 2.21. The molecule has 0 aliphatic rings. The maximum Gasteiger partial charge on any atom is 0.259 e. The van der Waals surface area contributed by atoms with Gasteiger partial charge in [0, 0.05) is 24.5 Å². The van der Waals surface area contributed by atoms with Gasteiger partial charge in [0.1, 0.15) is 4.99 Å². The minimum Gasteiger partial charge on any atom is -0.389 e. The van der Waals surface area contributed by atoms with E-state index in [9.17, 15) is 4.79 Å². The van der Waals surface area contributed by atoms with Gasteiger partial charge in [-0.05, 0) is 25.0 Å². The lowest BCUT2D eigenvalue weighted by molar-refractivity contribution is 0.102. The van der Waals surface area contributed by atoms with Crippen LogP contribution in [0.25, 0.3) is 0 Å². The first kappa shape index (κ1) is 15.2. The number of hydrogen-bond acceptors (Lipinski definition) is 3. The first-order valence-corrected chi connectivity index (χ1v) is 7.07. The zero-order valence-corrected chi connectivity index (χ0v) is 13.1. The van der Waals surface area contributed by atoms with Crippen molar-refractivity contribution in [3.63, 3.8) is 0 Å². The zero-order valence-electron chi connectivity index (χ0n) is 12.3. The lowest BCUT2D eigenvalue weighted by atomic mass is 10.1. The van der Waals surface area contributed by atoms with Gasteiger partial charge < -0.3 is 11.1 Å². The third-order valence-electron chi connectivity index (χ3n) is 3.26. The second-order valence-corrected chi connectivity index (χ2v) is 5.30. The van der Waals surface area contributed by atoms with Crippen molar-refractivity contribution in [3.05, 3.63) is 46.8 Å². The van der Waals surface area contributed by atoms with E-state index in [1.807, 2.05) is 26.0 Å². The molecular formula is C15H18N4OS. The molecule has 110 valence electrons. The maximum absolute atomic E-state index is 12.4. The largest absolute Gasteiger partial charge is 0.389 e. The summed E-state index contributed by atoms with van der Waals surface area (Å²) in [7, 11) is 1.80. The van der Waals surface area contributed by atoms with Crippen LogP contribution >= 0.6 is 12.2 Å². The molecule has 21 heavy (non-hydrogen) atoms. The van der Waals surface area contributed by atoms with Crippen molar-refractivity contribution < 1.29 is 4.79 Å². The SMILES string of the molecule is CCc1nn(C)cc1C(=O)Nc1cc(C(N)=S)ccc1C. The summed E-state index contributed by atoms with van der Waals surface area (Å²) in [6.07, 6.45) is 2.43. The molecule has 0 aliphatic carbocycles. The predicted molar refractivity (Wildman–Crippen MR) is 87.6 cm³/mol. The Bertz CT molecular complexity index is 706. The van der Waals surface area contributed by atoms with Crippen LogP contribution in [0.3, 0.4) is 0 Å². The van der Waals surface area contributed by atoms with Crippen LogP contribution in [-0.4, -0.2) is 20.7 Å². The number of carbonyl (C=O) groups excluding carboxylic acids is 1. The molecule has 2 aromatic rings. The highest BCUT2D eigenvalue weighted by Gasteiger charge is 2.15. The number of thiocarbonyl (C=S) groups is 1. The van der Waals surface area contributed by atoms with Crippen LogP contribution in [-0.2, 0) is 13.5 Å². The normalized spacial score (nSPS) is 10.4. The molecule has 0 atom stereocenters. The molecule has 0 spiro atoms. The van der Waals surface area contributed by atoms with Crippen molar-refractivity contribution in [3.8, 4) is 0 Å². The summed E-state index contributed by atoms with van der Waals surface area (Å²) in [4.78, 5) is 12.7. The molecule has 1 heterocycles. The van der Waals surface area contributed by atoms with Crippen molar-refractivity contribution >= 4 is 28.8 Å². The Hall–Kier alpha value is -2.21. The van der Waals surface area contributed by atoms with E-state index in [2.05, 4.69) is 10.4 Å². The van der Waals surface area contributed by atoms with Crippen molar-refractivity contribution in [1.82, 2.24) is 9.78 Å². The molecule has 1 aromatic heterocycles. The molecule has 0 aliphatic heterocycles. The second kappa shape index (κ2) is 6.05. The molecule has 0 saturated carbocycles. The molecule has 0 saturated heterocycles. The number of carbonyl (C=O) groups is 1. The van der Waals surface area contributed by atoms with Gasteiger partial charge in [0.05, 0.1) is 11.3 Å². The van der Waals surface area contributed by atoms with Gasteiger partial charge >= 0.3 is 0 Å². The first-order chi connectivity index (χ1) is 9.92. The van der Waals surface area contributed by atoms with Gasteiger partial charge in [-0.15, -0.1) is 0 Å². The van der Waals surface area contributed by atoms with Crippen LogP contribution in [0.2, 0.25) is 0 Å². The molecule has 0 unspecified atom stereocenters. The highest BCUT2D eigenvalue weighted by molar-refractivity contribution is 7.80. The standard InChI is InChI=1S/C15H18N4OS/c1-4-12-11(8-19(3)18-12)15(20)17-13-7-10(14(16)21)6-5-9(13)2/h5-8H,4H2,1-3H3,(H2,16,21)(H,17,20). The summed E-state index contributed by atoms with van der Waals surface area (Å²) >= 11 is 4.97. The number of nitrogens with two attached hydrogens (primary N) is 1. The molecule has 0 bridgehead atoms. The average Bonchev–Trinajstić information content (AvgIpc) is 2.82. The summed E-state index contributed by atoms with van der Waals surface area (Å²) in [5.74, 6) is -0.178. The van der Waals surface area contributed by atoms with Crippen LogP contribution in [0.15, 0.2) is 24.4 Å². The zero-order chi connectivity index (χ0) is 15.6. The number of rotatable bonds is 4. The Kier molecular flexibility index (Phi) is 4.37. The maximum atomic E-state index is 12.4. The van der Waals surface area contributed by atoms with E-state index in [-0.39, 0.29) is 5.91 Å². The molecule has 3 N–H and O–H groups in total. The van der Waals surface area contributed by atoms with Crippen molar-refractivity contribution in [1.29, 1.82) is 0 Å². The molecule has 0 fully saturated rings. The third-order valence-corrected chi connectivity index (χ3v) is 3.49. The molecule has 1 aromatic carbocycles. The van der Waals surface area contributed by atoms with E-state index in [4.69, 9.17) is 18.0 Å². The summed E-state index contributed by atoms with van der Waals surface area (Å²) < 4.78 is 1.64. The fourth-order valence-electron chi connectivity index (χ4n) is 2.08. The van der Waals surface area contributed by atoms with E-state index in [0.29, 0.717) is 22.7 Å². The molecular weight excluding hydrogens is 284 g/mol. The summed E-state index contributed by atoms with van der Waals surface area (Å²) in [5, 5.41) is 7.18. The minimum atomic E-state index is -0.178. The van der Waals surface area contributed by atoms with Crippen LogP contribution in [0.5, 0.6) is 0 Å². The monoisotopic (exact) mass is 302 g/mol. The molecule has 1 amide bonds. The number of anilines is 1. The number of benzene rings is 1. The van der Waals surface area contributed by atoms with Crippen molar-refractivity contribution in [2.24, 2.45) is 12.8 Å². The number of nitrogens with zero attached hydrogens (tertiary/aromatic N) is 2. The van der Waals surface area contributed by atoms with Crippen LogP contribution in [0.1, 0.15) is 34.1 Å². The van der Waals surface area contributed by atoms with Crippen LogP contribution in [0, 0.1) is 6.92 Å². The van der Waals surface area contributed by atoms with Crippen LogP contribution < -0.4 is 11.1 Å². The Morgan fingerprint density at radius 3 is 2.81 bits per heavy atom. The Morgan fingerprint density at radius 2 is 2.19 bits per heavy atom. The van der Waals surface area contributed by atoms with E-state index in [0.717, 1.165) is 16.8 Å². The fraction of sp³-hybridized carbons (Fsp3) is 0.267. The Balaban J connectivity index is 2.31. The van der Waals surface area contributed by atoms with Gasteiger partial charge in [0.15, 0.2) is 0 Å². The van der Waals surface area contributed by atoms with Crippen LogP contribution in [0.4, 0.5) is 5.69 Å². The average molecular weight is 302 g/mol. The number of nitrogens with one attached hydrogen (secondary N) is 1. The molecule has 5 nitrogen and oxygen atoms in total. The molecule has 6 heteroatoms. The predicted octanol–water partition coefficient (Wildman–Crippen LogP) is 2.18. The van der Waals surface area contributed by atoms with E-state index >= 15 is 0 Å². The van der Waals surface area contributed by atoms with Gasteiger partial charge in [-0.1, -0.05) is 31.3 Å². The topological polar surface area (TPSA) is 72.9 Å². The summed E-state index contributed by atoms with van der Waals surface area (Å²) in [6, 6.07) is 5.51. The third kappa shape index (κ3) is 3.28. The minimum absolute atomic E-state index is 0.178. The van der Waals surface area contributed by atoms with Crippen molar-refractivity contribution in [2.75, 3.05) is 5.32 Å². The lowest BCUT2D eigenvalue weighted by Crippen LogP contribution is -2.15. The molecule has 0 radical (unpaired) electrons. The van der Waals surface area contributed by atoms with Gasteiger partial charge in [0.2, 0.25) is 0 Å². The lowest BCUT2D eigenvalue weighted by Gasteiger charge is -2.10. The van der Waals surface area contributed by atoms with Gasteiger partial charge in [-0.3, -0.25) is 9.48 Å². The van der Waals surface area contributed by atoms with E-state index < -0.39 is 0 Å². The van der Waals surface area contributed by atoms with E-state index in [1.165, 1.54) is 0 Å². The first-order valence-electron chi connectivity index (χ1n) is 6.66. The quantitative estimate of drug-likeness (QED) is 0.849. The summed E-state index contributed by atoms with van der Waals surface area (Å²) in [5.41, 5.74) is 9.37. The smallest absolute Gasteiger partial charge is 0.259 e. The number of aryl methyl sites for hydroxylation is 3. The van der Waals surface area contributed by atoms with Gasteiger partial charge in [-0.25, -0.2) is 0 Å². The summed E-state index contributed by atoms with van der Waals surface area (Å²) in [6.45, 7) is 3.89. The highest BCUT2D eigenvalue weighted by atomic mass is 32.1. The van der Waals surface area contributed by atoms with Crippen molar-refractivity contribution in [2.45, 2.75) is 20.3 Å². The number of amides is 1. The molecule has 2 rings (SSSR count). The highest BCUT2D eigenvalue weighted by Crippen LogP contribution is 2.19. The Morgan fingerprint density at radius 1 is 1.48 bits per heavy atom. The Labute approximate surface area is 129 Å².